The van der Waals surface area contributed by atoms with Crippen LogP contribution in [-0.4, -0.2) is 9.13 Å². The van der Waals surface area contributed by atoms with Gasteiger partial charge in [0.2, 0.25) is 0 Å². The van der Waals surface area contributed by atoms with Crippen molar-refractivity contribution in [2.75, 3.05) is 0 Å². The van der Waals surface area contributed by atoms with Crippen molar-refractivity contribution in [1.82, 2.24) is 9.13 Å². The fourth-order valence-electron chi connectivity index (χ4n) is 7.67. The van der Waals surface area contributed by atoms with Gasteiger partial charge < -0.3 is 9.13 Å². The van der Waals surface area contributed by atoms with Crippen molar-refractivity contribution in [2.45, 2.75) is 12.8 Å². The largest absolute Gasteiger partial charge is 0.309 e. The molecule has 0 bridgehead atoms. The van der Waals surface area contributed by atoms with Crippen molar-refractivity contribution in [3.63, 3.8) is 0 Å². The molecule has 0 N–H and O–H groups in total. The van der Waals surface area contributed by atoms with E-state index < -0.39 is 0 Å². The van der Waals surface area contributed by atoms with E-state index in [4.69, 9.17) is 0 Å². The minimum Gasteiger partial charge on any atom is -0.309 e. The number of benzene rings is 6. The Morgan fingerprint density at radius 3 is 2.02 bits per heavy atom. The van der Waals surface area contributed by atoms with Crippen molar-refractivity contribution in [3.05, 3.63) is 162 Å². The van der Waals surface area contributed by atoms with Crippen LogP contribution in [0.1, 0.15) is 28.8 Å². The molecule has 1 aliphatic carbocycles. The molecule has 2 aromatic heterocycles. The summed E-state index contributed by atoms with van der Waals surface area (Å²) in [5.74, 6) is 0. The first-order chi connectivity index (χ1) is 23.8. The van der Waals surface area contributed by atoms with Crippen LogP contribution in [0.5, 0.6) is 0 Å². The van der Waals surface area contributed by atoms with Gasteiger partial charge in [0.25, 0.3) is 0 Å². The van der Waals surface area contributed by atoms with E-state index in [9.17, 15) is 10.5 Å². The lowest BCUT2D eigenvalue weighted by atomic mass is 9.94. The van der Waals surface area contributed by atoms with Crippen LogP contribution in [0.4, 0.5) is 0 Å². The SMILES string of the molecule is N#Cc1c(-c2cccc(-c3ccccc3-n3c4ccccc4c4c(C#N)cccc43)c2)cccc1-n1c2c(c3ccccc31)CCC=C2. The number of para-hydroxylation sites is 3. The van der Waals surface area contributed by atoms with Gasteiger partial charge in [-0.3, -0.25) is 0 Å². The van der Waals surface area contributed by atoms with Crippen LogP contribution in [0.3, 0.4) is 0 Å². The Kier molecular flexibility index (Phi) is 6.35. The number of fused-ring (bicyclic) bond motifs is 6. The smallest absolute Gasteiger partial charge is 0.102 e. The number of aromatic nitrogens is 2. The predicted octanol–water partition coefficient (Wildman–Crippen LogP) is 10.8. The number of rotatable bonds is 4. The molecule has 0 fully saturated rings. The number of aryl methyl sites for hydroxylation is 1. The molecule has 224 valence electrons. The van der Waals surface area contributed by atoms with Crippen molar-refractivity contribution < 1.29 is 0 Å². The monoisotopic (exact) mass is 612 g/mol. The van der Waals surface area contributed by atoms with Gasteiger partial charge in [0, 0.05) is 33.0 Å². The molecule has 1 aliphatic rings. The average molecular weight is 613 g/mol. The number of hydrogen-bond donors (Lipinski definition) is 0. The van der Waals surface area contributed by atoms with Crippen LogP contribution >= 0.6 is 0 Å². The van der Waals surface area contributed by atoms with Gasteiger partial charge >= 0.3 is 0 Å². The van der Waals surface area contributed by atoms with E-state index in [0.29, 0.717) is 11.1 Å². The van der Waals surface area contributed by atoms with E-state index in [1.807, 2.05) is 24.3 Å². The summed E-state index contributed by atoms with van der Waals surface area (Å²) in [6, 6.07) is 50.8. The van der Waals surface area contributed by atoms with E-state index >= 15 is 0 Å². The zero-order chi connectivity index (χ0) is 32.2. The van der Waals surface area contributed by atoms with Gasteiger partial charge in [-0.05, 0) is 78.1 Å². The van der Waals surface area contributed by atoms with Crippen LogP contribution < -0.4 is 0 Å². The van der Waals surface area contributed by atoms with Crippen LogP contribution in [0.2, 0.25) is 0 Å². The van der Waals surface area contributed by atoms with Gasteiger partial charge in [0.05, 0.1) is 45.1 Å². The summed E-state index contributed by atoms with van der Waals surface area (Å²) in [7, 11) is 0. The highest BCUT2D eigenvalue weighted by Crippen LogP contribution is 2.40. The minimum absolute atomic E-state index is 0.650. The molecule has 0 radical (unpaired) electrons. The molecule has 8 aromatic rings. The van der Waals surface area contributed by atoms with E-state index in [-0.39, 0.29) is 0 Å². The quantitative estimate of drug-likeness (QED) is 0.199. The second kappa shape index (κ2) is 11.0. The zero-order valence-corrected chi connectivity index (χ0v) is 26.1. The Balaban J connectivity index is 1.24. The highest BCUT2D eigenvalue weighted by molar-refractivity contribution is 6.12. The normalized spacial score (nSPS) is 12.3. The summed E-state index contributed by atoms with van der Waals surface area (Å²) < 4.78 is 4.53. The highest BCUT2D eigenvalue weighted by Gasteiger charge is 2.22. The molecule has 0 spiro atoms. The molecule has 0 atom stereocenters. The molecule has 0 saturated heterocycles. The number of allylic oxidation sites excluding steroid dienone is 1. The predicted molar refractivity (Wildman–Crippen MR) is 195 cm³/mol. The minimum atomic E-state index is 0.650. The van der Waals surface area contributed by atoms with Crippen molar-refractivity contribution in [3.8, 4) is 45.8 Å². The maximum Gasteiger partial charge on any atom is 0.102 e. The molecular weight excluding hydrogens is 585 g/mol. The zero-order valence-electron chi connectivity index (χ0n) is 26.1. The third-order valence-electron chi connectivity index (χ3n) is 9.70. The summed E-state index contributed by atoms with van der Waals surface area (Å²) in [5, 5.41) is 24.0. The molecule has 0 amide bonds. The number of hydrogen-bond acceptors (Lipinski definition) is 2. The summed E-state index contributed by atoms with van der Waals surface area (Å²) in [6.07, 6.45) is 6.45. The van der Waals surface area contributed by atoms with Gasteiger partial charge in [-0.25, -0.2) is 0 Å². The van der Waals surface area contributed by atoms with E-state index in [2.05, 4.69) is 143 Å². The third-order valence-corrected chi connectivity index (χ3v) is 9.70. The molecule has 6 aromatic carbocycles. The molecule has 4 nitrogen and oxygen atoms in total. The topological polar surface area (TPSA) is 57.4 Å². The molecule has 48 heavy (non-hydrogen) atoms. The molecule has 0 saturated carbocycles. The Morgan fingerprint density at radius 2 is 1.19 bits per heavy atom. The average Bonchev–Trinajstić information content (AvgIpc) is 3.67. The van der Waals surface area contributed by atoms with Crippen LogP contribution in [0, 0.1) is 22.7 Å². The van der Waals surface area contributed by atoms with Gasteiger partial charge in [-0.2, -0.15) is 10.5 Å². The molecule has 4 heteroatoms. The van der Waals surface area contributed by atoms with Crippen molar-refractivity contribution in [2.24, 2.45) is 0 Å². The lowest BCUT2D eigenvalue weighted by Crippen LogP contribution is -2.03. The van der Waals surface area contributed by atoms with Gasteiger partial charge in [-0.1, -0.05) is 97.1 Å². The number of nitriles is 2. The maximum atomic E-state index is 10.7. The molecule has 2 heterocycles. The van der Waals surface area contributed by atoms with Crippen molar-refractivity contribution >= 4 is 38.8 Å². The Hall–Kier alpha value is -6.62. The highest BCUT2D eigenvalue weighted by atomic mass is 15.0. The van der Waals surface area contributed by atoms with E-state index in [1.165, 1.54) is 10.9 Å². The first-order valence-electron chi connectivity index (χ1n) is 16.2. The van der Waals surface area contributed by atoms with E-state index in [1.54, 1.807) is 0 Å². The molecular formula is C44H28N4. The molecule has 0 aliphatic heterocycles. The summed E-state index contributed by atoms with van der Waals surface area (Å²) in [6.45, 7) is 0. The second-order valence-corrected chi connectivity index (χ2v) is 12.2. The first kappa shape index (κ1) is 27.7. The Morgan fingerprint density at radius 1 is 0.542 bits per heavy atom. The molecule has 9 rings (SSSR count). The lowest BCUT2D eigenvalue weighted by Gasteiger charge is -2.17. The fraction of sp³-hybridized carbons (Fsp3) is 0.0455. The summed E-state index contributed by atoms with van der Waals surface area (Å²) in [5.41, 5.74) is 12.9. The first-order valence-corrected chi connectivity index (χ1v) is 16.2. The fourth-order valence-corrected chi connectivity index (χ4v) is 7.67. The second-order valence-electron chi connectivity index (χ2n) is 12.2. The maximum absolute atomic E-state index is 10.7. The molecule has 0 unspecified atom stereocenters. The Bertz CT molecular complexity index is 2700. The Labute approximate surface area is 278 Å². The van der Waals surface area contributed by atoms with Crippen molar-refractivity contribution in [1.29, 1.82) is 10.5 Å². The van der Waals surface area contributed by atoms with Crippen LogP contribution in [0.15, 0.2) is 140 Å². The van der Waals surface area contributed by atoms with Gasteiger partial charge in [-0.15, -0.1) is 0 Å². The standard InChI is InChI=1S/C44H28N4/c45-27-31-14-10-25-43-44(31)36-18-4-8-23-41(36)48(43)38-20-5-1-15-33(38)30-13-9-12-29(26-30)32-19-11-24-42(37(32)28-46)47-39-21-6-2-16-34(39)35-17-3-7-22-40(35)47/h1-2,4-16,18-26H,3,17H2. The van der Waals surface area contributed by atoms with Gasteiger partial charge in [0.1, 0.15) is 6.07 Å². The van der Waals surface area contributed by atoms with Crippen LogP contribution in [-0.2, 0) is 6.42 Å². The summed E-state index contributed by atoms with van der Waals surface area (Å²) >= 11 is 0. The summed E-state index contributed by atoms with van der Waals surface area (Å²) in [4.78, 5) is 0. The van der Waals surface area contributed by atoms with Crippen LogP contribution in [0.25, 0.3) is 72.4 Å². The van der Waals surface area contributed by atoms with E-state index in [0.717, 1.165) is 79.5 Å². The lowest BCUT2D eigenvalue weighted by molar-refractivity contribution is 0.966. The van der Waals surface area contributed by atoms with Gasteiger partial charge in [0.15, 0.2) is 0 Å². The third kappa shape index (κ3) is 4.07. The number of nitrogens with zero attached hydrogens (tertiary/aromatic N) is 4.